The molecule has 3 heterocycles. The fourth-order valence-electron chi connectivity index (χ4n) is 3.39. The summed E-state index contributed by atoms with van der Waals surface area (Å²) in [6.45, 7) is 0.789. The number of amides is 4. The smallest absolute Gasteiger partial charge is 0.322 e. The Hall–Kier alpha value is -3.23. The highest BCUT2D eigenvalue weighted by Crippen LogP contribution is 2.24. The number of benzene rings is 1. The molecule has 0 radical (unpaired) electrons. The van der Waals surface area contributed by atoms with Crippen LogP contribution < -0.4 is 10.6 Å². The highest BCUT2D eigenvalue weighted by molar-refractivity contribution is 5.98. The van der Waals surface area contributed by atoms with Crippen LogP contribution in [-0.2, 0) is 22.6 Å². The van der Waals surface area contributed by atoms with E-state index in [9.17, 15) is 18.8 Å². The van der Waals surface area contributed by atoms with E-state index < -0.39 is 18.0 Å². The topological polar surface area (TPSA) is 107 Å². The molecule has 1 aromatic heterocycles. The van der Waals surface area contributed by atoms with Crippen LogP contribution in [0.15, 0.2) is 24.3 Å². The zero-order chi connectivity index (χ0) is 19.0. The molecule has 1 aromatic carbocycles. The summed E-state index contributed by atoms with van der Waals surface area (Å²) < 4.78 is 13.4. The predicted octanol–water partition coefficient (Wildman–Crippen LogP) is 1.09. The third kappa shape index (κ3) is 3.53. The molecule has 1 fully saturated rings. The lowest BCUT2D eigenvalue weighted by atomic mass is 10.1. The van der Waals surface area contributed by atoms with Crippen LogP contribution in [0.1, 0.15) is 24.2 Å². The molecule has 2 aliphatic rings. The number of fused-ring (bicyclic) bond motifs is 1. The van der Waals surface area contributed by atoms with Crippen LogP contribution in [-0.4, -0.2) is 45.3 Å². The first-order chi connectivity index (χ1) is 13.0. The minimum Gasteiger partial charge on any atom is -0.340 e. The number of aromatic nitrogens is 2. The molecule has 4 amide bonds. The average molecular weight is 371 g/mol. The second-order valence-electron chi connectivity index (χ2n) is 6.64. The van der Waals surface area contributed by atoms with E-state index in [0.29, 0.717) is 30.9 Å². The second-order valence-corrected chi connectivity index (χ2v) is 6.64. The van der Waals surface area contributed by atoms with Gasteiger partial charge in [-0.1, -0.05) is 12.1 Å². The van der Waals surface area contributed by atoms with E-state index >= 15 is 0 Å². The molecule has 2 aliphatic heterocycles. The van der Waals surface area contributed by atoms with Crippen molar-refractivity contribution < 1.29 is 18.8 Å². The summed E-state index contributed by atoms with van der Waals surface area (Å²) in [5.41, 5.74) is 2.28. The molecule has 3 N–H and O–H groups in total. The number of H-pyrrole nitrogens is 1. The van der Waals surface area contributed by atoms with E-state index in [0.717, 1.165) is 11.4 Å². The van der Waals surface area contributed by atoms with Gasteiger partial charge in [-0.2, -0.15) is 0 Å². The Morgan fingerprint density at radius 3 is 2.93 bits per heavy atom. The molecule has 8 nitrogen and oxygen atoms in total. The predicted molar refractivity (Wildman–Crippen MR) is 92.8 cm³/mol. The summed E-state index contributed by atoms with van der Waals surface area (Å²) >= 11 is 0. The third-order valence-electron chi connectivity index (χ3n) is 4.76. The Labute approximate surface area is 154 Å². The number of imidazole rings is 1. The summed E-state index contributed by atoms with van der Waals surface area (Å²) in [4.78, 5) is 45.1. The van der Waals surface area contributed by atoms with Crippen LogP contribution in [0.2, 0.25) is 0 Å². The Kier molecular flexibility index (Phi) is 4.35. The number of imide groups is 1. The maximum Gasteiger partial charge on any atom is 0.322 e. The summed E-state index contributed by atoms with van der Waals surface area (Å²) in [7, 11) is 0. The number of aromatic amines is 1. The molecule has 0 saturated carbocycles. The SMILES string of the molecule is O=C1CCC(C(=O)N2CCc3nc(-c4cccc(F)c4)[nH]c3C2)NC(=O)N1. The quantitative estimate of drug-likeness (QED) is 0.734. The lowest BCUT2D eigenvalue weighted by Crippen LogP contribution is -2.50. The Bertz CT molecular complexity index is 925. The second kappa shape index (κ2) is 6.82. The molecule has 2 aromatic rings. The molecule has 1 unspecified atom stereocenters. The summed E-state index contributed by atoms with van der Waals surface area (Å²) in [5, 5.41) is 4.70. The van der Waals surface area contributed by atoms with Crippen LogP contribution in [0.25, 0.3) is 11.4 Å². The average Bonchev–Trinajstić information content (AvgIpc) is 2.99. The van der Waals surface area contributed by atoms with E-state index in [4.69, 9.17) is 0 Å². The van der Waals surface area contributed by atoms with Gasteiger partial charge in [-0.25, -0.2) is 14.2 Å². The van der Waals surface area contributed by atoms with Gasteiger partial charge in [0.1, 0.15) is 17.7 Å². The van der Waals surface area contributed by atoms with Gasteiger partial charge in [0.15, 0.2) is 0 Å². The van der Waals surface area contributed by atoms with Crippen LogP contribution in [0, 0.1) is 5.82 Å². The van der Waals surface area contributed by atoms with Crippen LogP contribution in [0.4, 0.5) is 9.18 Å². The Balaban J connectivity index is 1.50. The molecule has 0 aliphatic carbocycles. The molecular formula is C18H18FN5O3. The monoisotopic (exact) mass is 371 g/mol. The molecule has 9 heteroatoms. The van der Waals surface area contributed by atoms with Crippen molar-refractivity contribution in [2.24, 2.45) is 0 Å². The Morgan fingerprint density at radius 1 is 1.26 bits per heavy atom. The van der Waals surface area contributed by atoms with Crippen LogP contribution in [0.3, 0.4) is 0 Å². The first-order valence-corrected chi connectivity index (χ1v) is 8.72. The number of urea groups is 1. The van der Waals surface area contributed by atoms with Crippen molar-refractivity contribution in [3.63, 3.8) is 0 Å². The molecule has 140 valence electrons. The Morgan fingerprint density at radius 2 is 2.11 bits per heavy atom. The molecule has 27 heavy (non-hydrogen) atoms. The lowest BCUT2D eigenvalue weighted by Gasteiger charge is -2.29. The number of carbonyl (C=O) groups excluding carboxylic acids is 3. The number of hydrogen-bond acceptors (Lipinski definition) is 4. The van der Waals surface area contributed by atoms with E-state index in [2.05, 4.69) is 20.6 Å². The normalized spacial score (nSPS) is 19.7. The van der Waals surface area contributed by atoms with Gasteiger partial charge in [-0.05, 0) is 18.6 Å². The van der Waals surface area contributed by atoms with E-state index in [1.54, 1.807) is 17.0 Å². The minimum absolute atomic E-state index is 0.113. The number of nitrogens with zero attached hydrogens (tertiary/aromatic N) is 2. The molecule has 0 spiro atoms. The number of rotatable bonds is 2. The number of carbonyl (C=O) groups is 3. The molecule has 1 saturated heterocycles. The maximum absolute atomic E-state index is 13.4. The number of hydrogen-bond donors (Lipinski definition) is 3. The molecule has 1 atom stereocenters. The van der Waals surface area contributed by atoms with Crippen molar-refractivity contribution in [3.8, 4) is 11.4 Å². The first kappa shape index (κ1) is 17.2. The highest BCUT2D eigenvalue weighted by Gasteiger charge is 2.32. The van der Waals surface area contributed by atoms with Crippen molar-refractivity contribution in [1.29, 1.82) is 0 Å². The van der Waals surface area contributed by atoms with Crippen molar-refractivity contribution in [2.45, 2.75) is 31.8 Å². The highest BCUT2D eigenvalue weighted by atomic mass is 19.1. The molecular weight excluding hydrogens is 353 g/mol. The van der Waals surface area contributed by atoms with Crippen molar-refractivity contribution in [3.05, 3.63) is 41.5 Å². The van der Waals surface area contributed by atoms with Gasteiger partial charge in [0.2, 0.25) is 11.8 Å². The van der Waals surface area contributed by atoms with E-state index in [1.165, 1.54) is 12.1 Å². The summed E-state index contributed by atoms with van der Waals surface area (Å²) in [6, 6.07) is 4.77. The molecule has 0 bridgehead atoms. The van der Waals surface area contributed by atoms with Gasteiger partial charge in [0, 0.05) is 24.9 Å². The van der Waals surface area contributed by atoms with Gasteiger partial charge in [0.05, 0.1) is 17.9 Å². The fourth-order valence-corrected chi connectivity index (χ4v) is 3.39. The van der Waals surface area contributed by atoms with Crippen molar-refractivity contribution in [1.82, 2.24) is 25.5 Å². The summed E-state index contributed by atoms with van der Waals surface area (Å²) in [6.07, 6.45) is 0.935. The van der Waals surface area contributed by atoms with Crippen LogP contribution >= 0.6 is 0 Å². The van der Waals surface area contributed by atoms with Gasteiger partial charge in [-0.15, -0.1) is 0 Å². The third-order valence-corrected chi connectivity index (χ3v) is 4.76. The minimum atomic E-state index is -0.733. The van der Waals surface area contributed by atoms with Gasteiger partial charge < -0.3 is 15.2 Å². The zero-order valence-corrected chi connectivity index (χ0v) is 14.4. The summed E-state index contributed by atoms with van der Waals surface area (Å²) in [5.74, 6) is -0.401. The zero-order valence-electron chi connectivity index (χ0n) is 14.4. The number of nitrogens with one attached hydrogen (secondary N) is 3. The van der Waals surface area contributed by atoms with E-state index in [1.807, 2.05) is 0 Å². The van der Waals surface area contributed by atoms with E-state index in [-0.39, 0.29) is 24.6 Å². The first-order valence-electron chi connectivity index (χ1n) is 8.72. The fraction of sp³-hybridized carbons (Fsp3) is 0.333. The largest absolute Gasteiger partial charge is 0.340 e. The molecule has 4 rings (SSSR count). The van der Waals surface area contributed by atoms with Gasteiger partial charge >= 0.3 is 6.03 Å². The number of halogens is 1. The lowest BCUT2D eigenvalue weighted by molar-refractivity contribution is -0.134. The maximum atomic E-state index is 13.4. The van der Waals surface area contributed by atoms with Crippen molar-refractivity contribution in [2.75, 3.05) is 6.54 Å². The standard InChI is InChI=1S/C18H18FN5O3/c19-11-3-1-2-10(8-11)16-20-12-6-7-24(9-14(12)21-16)17(26)13-4-5-15(25)23-18(27)22-13/h1-3,8,13H,4-7,9H2,(H,20,21)(H2,22,23,25,27). The van der Waals surface area contributed by atoms with Crippen LogP contribution in [0.5, 0.6) is 0 Å². The van der Waals surface area contributed by atoms with Gasteiger partial charge in [0.25, 0.3) is 0 Å². The van der Waals surface area contributed by atoms with Crippen molar-refractivity contribution >= 4 is 17.8 Å². The van der Waals surface area contributed by atoms with Gasteiger partial charge in [-0.3, -0.25) is 14.9 Å².